The average Bonchev–Trinajstić information content (AvgIpc) is 3.13. The maximum absolute atomic E-state index is 3.58. The first-order valence-corrected chi connectivity index (χ1v) is 7.60. The van der Waals surface area contributed by atoms with Crippen LogP contribution < -0.4 is 10.6 Å². The lowest BCUT2D eigenvalue weighted by Crippen LogP contribution is -2.03. The lowest BCUT2D eigenvalue weighted by Gasteiger charge is -2.12. The molecule has 0 bridgehead atoms. The number of hydrogen-bond donors (Lipinski definition) is 2. The zero-order valence-corrected chi connectivity index (χ0v) is 11.7. The van der Waals surface area contributed by atoms with E-state index in [1.807, 2.05) is 0 Å². The van der Waals surface area contributed by atoms with Gasteiger partial charge in [-0.05, 0) is 60.1 Å². The fourth-order valence-corrected chi connectivity index (χ4v) is 3.44. The van der Waals surface area contributed by atoms with Gasteiger partial charge in [-0.1, -0.05) is 24.3 Å². The second kappa shape index (κ2) is 4.86. The van der Waals surface area contributed by atoms with E-state index < -0.39 is 0 Å². The Hall–Kier alpha value is -1.96. The quantitative estimate of drug-likeness (QED) is 0.882. The van der Waals surface area contributed by atoms with Gasteiger partial charge in [-0.25, -0.2) is 0 Å². The number of nitrogens with one attached hydrogen (secondary N) is 2. The molecule has 2 aromatic carbocycles. The number of aryl methyl sites for hydroxylation is 2. The Morgan fingerprint density at radius 3 is 2.90 bits per heavy atom. The smallest absolute Gasteiger partial charge is 0.0424 e. The summed E-state index contributed by atoms with van der Waals surface area (Å²) in [6.45, 7) is 1.97. The SMILES string of the molecule is c1cc2c(c(CNc3ccc4c(c3)CCC4)c1)NCC2. The van der Waals surface area contributed by atoms with Crippen molar-refractivity contribution in [2.45, 2.75) is 32.2 Å². The standard InChI is InChI=1S/C18H20N2/c1-3-13-7-8-17(11-15(13)5-1)20-12-16-6-2-4-14-9-10-19-18(14)16/h2,4,6-8,11,19-20H,1,3,5,9-10,12H2. The molecule has 102 valence electrons. The molecule has 1 aliphatic carbocycles. The molecule has 0 radical (unpaired) electrons. The normalized spacial score (nSPS) is 15.6. The third-order valence-corrected chi connectivity index (χ3v) is 4.51. The molecule has 2 heteroatoms. The monoisotopic (exact) mass is 264 g/mol. The molecule has 0 saturated carbocycles. The van der Waals surface area contributed by atoms with Crippen LogP contribution in [0.1, 0.15) is 28.7 Å². The van der Waals surface area contributed by atoms with Crippen LogP contribution in [-0.4, -0.2) is 6.54 Å². The van der Waals surface area contributed by atoms with Crippen LogP contribution in [-0.2, 0) is 25.8 Å². The molecule has 0 spiro atoms. The molecule has 2 nitrogen and oxygen atoms in total. The first kappa shape index (κ1) is 11.8. The van der Waals surface area contributed by atoms with Crippen molar-refractivity contribution in [3.8, 4) is 0 Å². The molecule has 20 heavy (non-hydrogen) atoms. The largest absolute Gasteiger partial charge is 0.384 e. The minimum atomic E-state index is 0.898. The van der Waals surface area contributed by atoms with Gasteiger partial charge in [0.25, 0.3) is 0 Å². The van der Waals surface area contributed by atoms with Crippen molar-refractivity contribution in [2.75, 3.05) is 17.2 Å². The van der Waals surface area contributed by atoms with Gasteiger partial charge in [-0.3, -0.25) is 0 Å². The molecule has 0 saturated heterocycles. The fourth-order valence-electron chi connectivity index (χ4n) is 3.44. The van der Waals surface area contributed by atoms with Crippen molar-refractivity contribution in [1.82, 2.24) is 0 Å². The summed E-state index contributed by atoms with van der Waals surface area (Å²) >= 11 is 0. The van der Waals surface area contributed by atoms with Gasteiger partial charge in [0.05, 0.1) is 0 Å². The maximum Gasteiger partial charge on any atom is 0.0424 e. The van der Waals surface area contributed by atoms with Crippen LogP contribution in [0.25, 0.3) is 0 Å². The van der Waals surface area contributed by atoms with E-state index in [1.165, 1.54) is 52.9 Å². The van der Waals surface area contributed by atoms with E-state index in [0.29, 0.717) is 0 Å². The van der Waals surface area contributed by atoms with Crippen molar-refractivity contribution in [3.05, 3.63) is 58.7 Å². The summed E-state index contributed by atoms with van der Waals surface area (Å²) in [5.41, 5.74) is 8.50. The van der Waals surface area contributed by atoms with Gasteiger partial charge in [0.1, 0.15) is 0 Å². The fraction of sp³-hybridized carbons (Fsp3) is 0.333. The number of benzene rings is 2. The van der Waals surface area contributed by atoms with Gasteiger partial charge >= 0.3 is 0 Å². The molecule has 2 N–H and O–H groups in total. The summed E-state index contributed by atoms with van der Waals surface area (Å²) in [5.74, 6) is 0. The van der Waals surface area contributed by atoms with Crippen molar-refractivity contribution >= 4 is 11.4 Å². The van der Waals surface area contributed by atoms with Crippen LogP contribution in [0.2, 0.25) is 0 Å². The molecule has 1 heterocycles. The van der Waals surface area contributed by atoms with Gasteiger partial charge < -0.3 is 10.6 Å². The molecule has 4 rings (SSSR count). The van der Waals surface area contributed by atoms with Gasteiger partial charge in [0.15, 0.2) is 0 Å². The van der Waals surface area contributed by atoms with Gasteiger partial charge in [-0.2, -0.15) is 0 Å². The van der Waals surface area contributed by atoms with Gasteiger partial charge in [0.2, 0.25) is 0 Å². The van der Waals surface area contributed by atoms with E-state index in [9.17, 15) is 0 Å². The minimum absolute atomic E-state index is 0.898. The predicted octanol–water partition coefficient (Wildman–Crippen LogP) is 3.76. The second-order valence-electron chi connectivity index (χ2n) is 5.82. The highest BCUT2D eigenvalue weighted by molar-refractivity contribution is 5.62. The Balaban J connectivity index is 1.52. The highest BCUT2D eigenvalue weighted by Gasteiger charge is 2.14. The van der Waals surface area contributed by atoms with Crippen LogP contribution in [0.15, 0.2) is 36.4 Å². The average molecular weight is 264 g/mol. The highest BCUT2D eigenvalue weighted by Crippen LogP contribution is 2.28. The van der Waals surface area contributed by atoms with Crippen molar-refractivity contribution < 1.29 is 0 Å². The number of rotatable bonds is 3. The van der Waals surface area contributed by atoms with E-state index in [-0.39, 0.29) is 0 Å². The Bertz CT molecular complexity index is 646. The number of anilines is 2. The zero-order chi connectivity index (χ0) is 13.4. The topological polar surface area (TPSA) is 24.1 Å². The zero-order valence-electron chi connectivity index (χ0n) is 11.7. The Kier molecular flexibility index (Phi) is 2.87. The van der Waals surface area contributed by atoms with Crippen LogP contribution in [0, 0.1) is 0 Å². The summed E-state index contributed by atoms with van der Waals surface area (Å²) in [4.78, 5) is 0. The molecule has 1 aliphatic heterocycles. The van der Waals surface area contributed by atoms with Gasteiger partial charge in [0, 0.05) is 24.5 Å². The lowest BCUT2D eigenvalue weighted by molar-refractivity contribution is 0.912. The van der Waals surface area contributed by atoms with Crippen molar-refractivity contribution in [2.24, 2.45) is 0 Å². The molecule has 0 unspecified atom stereocenters. The van der Waals surface area contributed by atoms with E-state index in [1.54, 1.807) is 0 Å². The lowest BCUT2D eigenvalue weighted by atomic mass is 10.1. The molecular weight excluding hydrogens is 244 g/mol. The number of hydrogen-bond acceptors (Lipinski definition) is 2. The third kappa shape index (κ3) is 2.05. The van der Waals surface area contributed by atoms with E-state index in [0.717, 1.165) is 19.5 Å². The summed E-state index contributed by atoms with van der Waals surface area (Å²) in [5, 5.41) is 7.09. The Morgan fingerprint density at radius 1 is 0.950 bits per heavy atom. The predicted molar refractivity (Wildman–Crippen MR) is 84.4 cm³/mol. The summed E-state index contributed by atoms with van der Waals surface area (Å²) < 4.78 is 0. The van der Waals surface area contributed by atoms with E-state index in [4.69, 9.17) is 0 Å². The maximum atomic E-state index is 3.58. The Morgan fingerprint density at radius 2 is 1.90 bits per heavy atom. The van der Waals surface area contributed by atoms with E-state index >= 15 is 0 Å². The third-order valence-electron chi connectivity index (χ3n) is 4.51. The van der Waals surface area contributed by atoms with E-state index in [2.05, 4.69) is 47.0 Å². The number of para-hydroxylation sites is 1. The molecular formula is C18H20N2. The first-order valence-electron chi connectivity index (χ1n) is 7.60. The molecule has 0 aromatic heterocycles. The molecule has 2 aliphatic rings. The Labute approximate surface area is 120 Å². The second-order valence-corrected chi connectivity index (χ2v) is 5.82. The molecule has 2 aromatic rings. The van der Waals surface area contributed by atoms with Crippen LogP contribution in [0.3, 0.4) is 0 Å². The van der Waals surface area contributed by atoms with Crippen molar-refractivity contribution in [3.63, 3.8) is 0 Å². The molecule has 0 fully saturated rings. The first-order chi connectivity index (χ1) is 9.90. The van der Waals surface area contributed by atoms with Gasteiger partial charge in [-0.15, -0.1) is 0 Å². The number of fused-ring (bicyclic) bond motifs is 2. The highest BCUT2D eigenvalue weighted by atomic mass is 14.9. The summed E-state index contributed by atoms with van der Waals surface area (Å²) in [6, 6.07) is 13.5. The van der Waals surface area contributed by atoms with Crippen molar-refractivity contribution in [1.29, 1.82) is 0 Å². The summed E-state index contributed by atoms with van der Waals surface area (Å²) in [6.07, 6.45) is 4.97. The molecule has 0 amide bonds. The summed E-state index contributed by atoms with van der Waals surface area (Å²) in [7, 11) is 0. The van der Waals surface area contributed by atoms with Crippen LogP contribution in [0.5, 0.6) is 0 Å². The minimum Gasteiger partial charge on any atom is -0.384 e. The van der Waals surface area contributed by atoms with Crippen LogP contribution >= 0.6 is 0 Å². The van der Waals surface area contributed by atoms with Crippen LogP contribution in [0.4, 0.5) is 11.4 Å². The molecule has 0 atom stereocenters.